The Morgan fingerprint density at radius 2 is 1.89 bits per heavy atom. The standard InChI is InChI=1S/C6H4Cl2N/c7-4-1-2-5(8)6(9)3-4/h1-3,9H. The van der Waals surface area contributed by atoms with Gasteiger partial charge in [0.15, 0.2) is 0 Å². The monoisotopic (exact) mass is 160 g/mol. The van der Waals surface area contributed by atoms with Crippen molar-refractivity contribution >= 4 is 28.9 Å². The molecule has 0 unspecified atom stereocenters. The maximum Gasteiger partial charge on any atom is 0.0740 e. The van der Waals surface area contributed by atoms with E-state index in [4.69, 9.17) is 28.9 Å². The zero-order valence-corrected chi connectivity index (χ0v) is 6.00. The van der Waals surface area contributed by atoms with Gasteiger partial charge < -0.3 is 0 Å². The van der Waals surface area contributed by atoms with Crippen LogP contribution in [0.15, 0.2) is 18.2 Å². The summed E-state index contributed by atoms with van der Waals surface area (Å²) in [5.41, 5.74) is 7.41. The van der Waals surface area contributed by atoms with E-state index in [0.717, 1.165) is 0 Å². The predicted molar refractivity (Wildman–Crippen MR) is 39.2 cm³/mol. The molecule has 1 aromatic rings. The highest BCUT2D eigenvalue weighted by atomic mass is 35.5. The third kappa shape index (κ3) is 1.50. The molecular weight excluding hydrogens is 157 g/mol. The molecular formula is C6H4Cl2N. The van der Waals surface area contributed by atoms with Crippen LogP contribution in [0.5, 0.6) is 0 Å². The van der Waals surface area contributed by atoms with Crippen LogP contribution in [-0.4, -0.2) is 0 Å². The largest absolute Gasteiger partial charge is 0.299 e. The molecule has 1 radical (unpaired) electrons. The Balaban J connectivity index is 3.17. The van der Waals surface area contributed by atoms with Crippen LogP contribution in [0.1, 0.15) is 0 Å². The van der Waals surface area contributed by atoms with Crippen molar-refractivity contribution < 1.29 is 0 Å². The van der Waals surface area contributed by atoms with Crippen LogP contribution >= 0.6 is 23.2 Å². The summed E-state index contributed by atoms with van der Waals surface area (Å²) in [6.07, 6.45) is 0. The number of benzene rings is 1. The van der Waals surface area contributed by atoms with Gasteiger partial charge in [0.1, 0.15) is 0 Å². The normalized spacial score (nSPS) is 9.56. The lowest BCUT2D eigenvalue weighted by Crippen LogP contribution is -1.70. The fourth-order valence-electron chi connectivity index (χ4n) is 0.497. The maximum absolute atomic E-state index is 7.14. The van der Waals surface area contributed by atoms with E-state index in [0.29, 0.717) is 10.0 Å². The fraction of sp³-hybridized carbons (Fsp3) is 0. The summed E-state index contributed by atoms with van der Waals surface area (Å²) in [7, 11) is 0. The molecule has 1 nitrogen and oxygen atoms in total. The Hall–Kier alpha value is -0.400. The summed E-state index contributed by atoms with van der Waals surface area (Å²) in [6.45, 7) is 0. The van der Waals surface area contributed by atoms with Crippen molar-refractivity contribution in [3.8, 4) is 0 Å². The Labute approximate surface area is 63.4 Å². The molecule has 1 aromatic carbocycles. The molecule has 1 rings (SSSR count). The zero-order chi connectivity index (χ0) is 6.85. The van der Waals surface area contributed by atoms with Crippen LogP contribution in [0.25, 0.3) is 0 Å². The average Bonchev–Trinajstić information content (AvgIpc) is 1.80. The topological polar surface area (TPSA) is 23.8 Å². The highest BCUT2D eigenvalue weighted by Gasteiger charge is 1.94. The van der Waals surface area contributed by atoms with E-state index in [1.165, 1.54) is 6.07 Å². The SMILES string of the molecule is [NH]c1cc(Cl)ccc1Cl. The molecule has 0 saturated carbocycles. The maximum atomic E-state index is 7.14. The van der Waals surface area contributed by atoms with Gasteiger partial charge in [-0.05, 0) is 18.2 Å². The van der Waals surface area contributed by atoms with E-state index in [2.05, 4.69) is 0 Å². The minimum atomic E-state index is 0.268. The van der Waals surface area contributed by atoms with E-state index >= 15 is 0 Å². The van der Waals surface area contributed by atoms with Gasteiger partial charge in [-0.25, -0.2) is 0 Å². The number of rotatable bonds is 0. The lowest BCUT2D eigenvalue weighted by Gasteiger charge is -1.93. The molecule has 0 aliphatic carbocycles. The van der Waals surface area contributed by atoms with Crippen molar-refractivity contribution in [1.82, 2.24) is 5.73 Å². The third-order valence-electron chi connectivity index (χ3n) is 0.928. The molecule has 0 atom stereocenters. The zero-order valence-electron chi connectivity index (χ0n) is 4.49. The molecule has 0 aliphatic heterocycles. The number of hydrogen-bond donors (Lipinski definition) is 0. The molecule has 3 heteroatoms. The molecule has 1 N–H and O–H groups in total. The van der Waals surface area contributed by atoms with Crippen LogP contribution in [-0.2, 0) is 0 Å². The molecule has 47 valence electrons. The number of hydrogen-bond acceptors (Lipinski definition) is 0. The van der Waals surface area contributed by atoms with Gasteiger partial charge in [-0.15, -0.1) is 0 Å². The van der Waals surface area contributed by atoms with Crippen molar-refractivity contribution in [3.05, 3.63) is 28.2 Å². The lowest BCUT2D eigenvalue weighted by atomic mass is 10.3. The van der Waals surface area contributed by atoms with Crippen molar-refractivity contribution in [2.24, 2.45) is 0 Å². The summed E-state index contributed by atoms with van der Waals surface area (Å²) >= 11 is 11.1. The van der Waals surface area contributed by atoms with E-state index in [1.54, 1.807) is 12.1 Å². The molecule has 0 heterocycles. The minimum absolute atomic E-state index is 0.268. The van der Waals surface area contributed by atoms with Crippen LogP contribution in [0.3, 0.4) is 0 Å². The first-order valence-electron chi connectivity index (χ1n) is 2.37. The van der Waals surface area contributed by atoms with Gasteiger partial charge in [-0.3, -0.25) is 5.73 Å². The van der Waals surface area contributed by atoms with Crippen molar-refractivity contribution in [1.29, 1.82) is 0 Å². The second-order valence-corrected chi connectivity index (χ2v) is 2.47. The molecule has 0 fully saturated rings. The highest BCUT2D eigenvalue weighted by molar-refractivity contribution is 6.34. The van der Waals surface area contributed by atoms with E-state index in [1.807, 2.05) is 0 Å². The van der Waals surface area contributed by atoms with Crippen LogP contribution in [0, 0.1) is 0 Å². The Morgan fingerprint density at radius 1 is 1.22 bits per heavy atom. The van der Waals surface area contributed by atoms with Crippen molar-refractivity contribution in [2.45, 2.75) is 0 Å². The molecule has 0 aliphatic rings. The number of halogens is 2. The van der Waals surface area contributed by atoms with Crippen LogP contribution in [0.2, 0.25) is 10.0 Å². The van der Waals surface area contributed by atoms with Gasteiger partial charge in [-0.2, -0.15) is 0 Å². The summed E-state index contributed by atoms with van der Waals surface area (Å²) < 4.78 is 0. The highest BCUT2D eigenvalue weighted by Crippen LogP contribution is 2.22. The molecule has 0 amide bonds. The molecule has 0 bridgehead atoms. The first-order chi connectivity index (χ1) is 4.20. The number of nitrogens with one attached hydrogen (secondary N) is 1. The van der Waals surface area contributed by atoms with Gasteiger partial charge in [-0.1, -0.05) is 23.2 Å². The molecule has 0 aromatic heterocycles. The lowest BCUT2D eigenvalue weighted by molar-refractivity contribution is 1.48. The van der Waals surface area contributed by atoms with Crippen molar-refractivity contribution in [3.63, 3.8) is 0 Å². The molecule has 0 saturated heterocycles. The first-order valence-corrected chi connectivity index (χ1v) is 3.12. The molecule has 9 heavy (non-hydrogen) atoms. The Kier molecular flexibility index (Phi) is 1.84. The van der Waals surface area contributed by atoms with Crippen molar-refractivity contribution in [2.75, 3.05) is 0 Å². The minimum Gasteiger partial charge on any atom is -0.299 e. The van der Waals surface area contributed by atoms with Gasteiger partial charge in [0.2, 0.25) is 0 Å². The predicted octanol–water partition coefficient (Wildman–Crippen LogP) is 2.91. The van der Waals surface area contributed by atoms with Gasteiger partial charge >= 0.3 is 0 Å². The summed E-state index contributed by atoms with van der Waals surface area (Å²) in [5.74, 6) is 0. The smallest absolute Gasteiger partial charge is 0.0740 e. The Morgan fingerprint density at radius 3 is 2.33 bits per heavy atom. The van der Waals surface area contributed by atoms with E-state index in [-0.39, 0.29) is 5.69 Å². The summed E-state index contributed by atoms with van der Waals surface area (Å²) in [6, 6.07) is 4.76. The van der Waals surface area contributed by atoms with Gasteiger partial charge in [0, 0.05) is 5.02 Å². The summed E-state index contributed by atoms with van der Waals surface area (Å²) in [4.78, 5) is 0. The van der Waals surface area contributed by atoms with Gasteiger partial charge in [0.25, 0.3) is 0 Å². The van der Waals surface area contributed by atoms with Crippen LogP contribution in [0.4, 0.5) is 5.69 Å². The van der Waals surface area contributed by atoms with Crippen LogP contribution < -0.4 is 5.73 Å². The fourth-order valence-corrected chi connectivity index (χ4v) is 0.787. The first kappa shape index (κ1) is 6.72. The molecule has 0 spiro atoms. The van der Waals surface area contributed by atoms with E-state index < -0.39 is 0 Å². The summed E-state index contributed by atoms with van der Waals surface area (Å²) in [5, 5.41) is 0.976. The third-order valence-corrected chi connectivity index (χ3v) is 1.49. The second kappa shape index (κ2) is 2.46. The van der Waals surface area contributed by atoms with E-state index in [9.17, 15) is 0 Å². The Bertz CT molecular complexity index is 222. The van der Waals surface area contributed by atoms with Gasteiger partial charge in [0.05, 0.1) is 10.7 Å². The second-order valence-electron chi connectivity index (χ2n) is 1.62. The quantitative estimate of drug-likeness (QED) is 0.558. The average molecular weight is 161 g/mol.